The number of thiophene rings is 1. The van der Waals surface area contributed by atoms with Gasteiger partial charge in [0.15, 0.2) is 0 Å². The quantitative estimate of drug-likeness (QED) is 0.196. The van der Waals surface area contributed by atoms with E-state index in [9.17, 15) is 14.4 Å². The molecule has 2 heterocycles. The number of halogens is 1. The average Bonchev–Trinajstić information content (AvgIpc) is 3.66. The molecule has 1 fully saturated rings. The van der Waals surface area contributed by atoms with Crippen LogP contribution < -0.4 is 15.8 Å². The fourth-order valence-electron chi connectivity index (χ4n) is 3.75. The Bertz CT molecular complexity index is 1560. The number of carbonyl (C=O) groups is 3. The molecular formula is C30H26ClN5O4S. The molecule has 1 saturated heterocycles. The van der Waals surface area contributed by atoms with Gasteiger partial charge in [-0.15, -0.1) is 11.3 Å². The van der Waals surface area contributed by atoms with Gasteiger partial charge >= 0.3 is 0 Å². The summed E-state index contributed by atoms with van der Waals surface area (Å²) in [7, 11) is 0. The predicted molar refractivity (Wildman–Crippen MR) is 162 cm³/mol. The SMILES string of the molecule is O=C(N/N=C/c1cccc(Cl)c1)c1ccc(O)cc1.O=C(N/N=C/c1cccs1)c1cccc(N2CCCC2=O)c1. The number of hydrazone groups is 2. The molecule has 1 aromatic heterocycles. The first-order valence-electron chi connectivity index (χ1n) is 12.5. The summed E-state index contributed by atoms with van der Waals surface area (Å²) in [5.41, 5.74) is 7.35. The van der Waals surface area contributed by atoms with Crippen LogP contribution in [0.25, 0.3) is 0 Å². The van der Waals surface area contributed by atoms with Gasteiger partial charge in [-0.05, 0) is 78.0 Å². The van der Waals surface area contributed by atoms with Crippen LogP contribution in [0.4, 0.5) is 5.69 Å². The van der Waals surface area contributed by atoms with Crippen molar-refractivity contribution in [3.8, 4) is 5.75 Å². The fourth-order valence-corrected chi connectivity index (χ4v) is 4.53. The number of rotatable bonds is 7. The van der Waals surface area contributed by atoms with Crippen LogP contribution in [0.1, 0.15) is 44.0 Å². The van der Waals surface area contributed by atoms with Crippen LogP contribution >= 0.6 is 22.9 Å². The number of phenolic OH excluding ortho intramolecular Hbond substituents is 1. The topological polar surface area (TPSA) is 123 Å². The van der Waals surface area contributed by atoms with Crippen LogP contribution in [0.5, 0.6) is 5.75 Å². The number of nitrogens with zero attached hydrogens (tertiary/aromatic N) is 3. The maximum absolute atomic E-state index is 12.1. The number of hydrogen-bond donors (Lipinski definition) is 3. The molecule has 3 N–H and O–H groups in total. The van der Waals surface area contributed by atoms with Crippen LogP contribution in [0, 0.1) is 0 Å². The lowest BCUT2D eigenvalue weighted by Crippen LogP contribution is -2.24. The molecule has 0 spiro atoms. The summed E-state index contributed by atoms with van der Waals surface area (Å²) in [6.07, 6.45) is 4.54. The van der Waals surface area contributed by atoms with E-state index < -0.39 is 0 Å². The van der Waals surface area contributed by atoms with Gasteiger partial charge in [0.05, 0.1) is 12.4 Å². The number of phenols is 1. The van der Waals surface area contributed by atoms with Crippen molar-refractivity contribution in [3.05, 3.63) is 117 Å². The van der Waals surface area contributed by atoms with Crippen molar-refractivity contribution in [3.63, 3.8) is 0 Å². The Morgan fingerprint density at radius 2 is 1.61 bits per heavy atom. The molecule has 5 rings (SSSR count). The third kappa shape index (κ3) is 8.85. The second kappa shape index (κ2) is 14.5. The first-order chi connectivity index (χ1) is 19.9. The minimum atomic E-state index is -0.349. The van der Waals surface area contributed by atoms with Crippen LogP contribution in [-0.4, -0.2) is 41.8 Å². The fraction of sp³-hybridized carbons (Fsp3) is 0.100. The Morgan fingerprint density at radius 3 is 2.29 bits per heavy atom. The summed E-state index contributed by atoms with van der Waals surface area (Å²) >= 11 is 7.37. The van der Waals surface area contributed by atoms with Gasteiger partial charge in [-0.25, -0.2) is 10.9 Å². The smallest absolute Gasteiger partial charge is 0.271 e. The monoisotopic (exact) mass is 587 g/mol. The summed E-state index contributed by atoms with van der Waals surface area (Å²) in [5, 5.41) is 19.4. The zero-order valence-electron chi connectivity index (χ0n) is 21.7. The van der Waals surface area contributed by atoms with Crippen molar-refractivity contribution in [2.24, 2.45) is 10.2 Å². The van der Waals surface area contributed by atoms with Crippen molar-refractivity contribution in [2.45, 2.75) is 12.8 Å². The van der Waals surface area contributed by atoms with Crippen molar-refractivity contribution in [1.29, 1.82) is 0 Å². The number of nitrogens with one attached hydrogen (secondary N) is 2. The van der Waals surface area contributed by atoms with Gasteiger partial charge < -0.3 is 10.0 Å². The van der Waals surface area contributed by atoms with Gasteiger partial charge in [0, 0.05) is 39.7 Å². The summed E-state index contributed by atoms with van der Waals surface area (Å²) in [5.74, 6) is -0.424. The third-order valence-electron chi connectivity index (χ3n) is 5.75. The Morgan fingerprint density at radius 1 is 0.878 bits per heavy atom. The first kappa shape index (κ1) is 29.2. The number of hydrogen-bond acceptors (Lipinski definition) is 7. The molecule has 0 aliphatic carbocycles. The molecule has 0 atom stereocenters. The Labute approximate surface area is 245 Å². The standard InChI is InChI=1S/C16H15N3O2S.C14H11ClN2O2/c20-15-7-2-8-19(15)13-5-1-4-12(10-13)16(21)18-17-11-14-6-3-9-22-14;15-12-3-1-2-10(8-12)9-16-17-14(19)11-4-6-13(18)7-5-11/h1,3-6,9-11H,2,7-8H2,(H,18,21);1-9,18H,(H,17,19)/b17-11+;16-9+. The van der Waals surface area contributed by atoms with Crippen LogP contribution in [0.15, 0.2) is 101 Å². The molecule has 4 aromatic rings. The summed E-state index contributed by atoms with van der Waals surface area (Å²) in [6.45, 7) is 0.709. The number of amides is 3. The van der Waals surface area contributed by atoms with E-state index in [0.29, 0.717) is 29.1 Å². The van der Waals surface area contributed by atoms with E-state index in [4.69, 9.17) is 16.7 Å². The van der Waals surface area contributed by atoms with Gasteiger partial charge in [0.25, 0.3) is 11.8 Å². The lowest BCUT2D eigenvalue weighted by atomic mass is 10.2. The molecule has 41 heavy (non-hydrogen) atoms. The van der Waals surface area contributed by atoms with E-state index in [2.05, 4.69) is 21.1 Å². The Balaban J connectivity index is 0.000000191. The lowest BCUT2D eigenvalue weighted by Gasteiger charge is -2.16. The second-order valence-electron chi connectivity index (χ2n) is 8.71. The number of carbonyl (C=O) groups excluding carboxylic acids is 3. The highest BCUT2D eigenvalue weighted by molar-refractivity contribution is 7.11. The maximum atomic E-state index is 12.1. The molecule has 3 aromatic carbocycles. The number of anilines is 1. The highest BCUT2D eigenvalue weighted by atomic mass is 35.5. The van der Waals surface area contributed by atoms with Crippen LogP contribution in [0.2, 0.25) is 5.02 Å². The summed E-state index contributed by atoms with van der Waals surface area (Å²) in [4.78, 5) is 38.2. The molecule has 3 amide bonds. The lowest BCUT2D eigenvalue weighted by molar-refractivity contribution is -0.117. The maximum Gasteiger partial charge on any atom is 0.271 e. The zero-order chi connectivity index (χ0) is 29.0. The van der Waals surface area contributed by atoms with Crippen molar-refractivity contribution in [2.75, 3.05) is 11.4 Å². The molecule has 1 aliphatic heterocycles. The van der Waals surface area contributed by atoms with E-state index in [1.807, 2.05) is 29.6 Å². The number of benzene rings is 3. The average molecular weight is 588 g/mol. The van der Waals surface area contributed by atoms with E-state index >= 15 is 0 Å². The molecular weight excluding hydrogens is 562 g/mol. The van der Waals surface area contributed by atoms with Crippen molar-refractivity contribution < 1.29 is 19.5 Å². The Hall–Kier alpha value is -4.80. The predicted octanol–water partition coefficient (Wildman–Crippen LogP) is 5.45. The third-order valence-corrected chi connectivity index (χ3v) is 6.79. The van der Waals surface area contributed by atoms with Gasteiger partial charge in [0.2, 0.25) is 5.91 Å². The van der Waals surface area contributed by atoms with Gasteiger partial charge in [-0.3, -0.25) is 14.4 Å². The molecule has 0 bridgehead atoms. The van der Waals surface area contributed by atoms with Crippen LogP contribution in [-0.2, 0) is 4.79 Å². The largest absolute Gasteiger partial charge is 0.508 e. The van der Waals surface area contributed by atoms with Gasteiger partial charge in [-0.1, -0.05) is 35.9 Å². The zero-order valence-corrected chi connectivity index (χ0v) is 23.3. The summed E-state index contributed by atoms with van der Waals surface area (Å²) < 4.78 is 0. The Kier molecular flexibility index (Phi) is 10.4. The molecule has 0 saturated carbocycles. The highest BCUT2D eigenvalue weighted by Gasteiger charge is 2.22. The molecule has 1 aliphatic rings. The van der Waals surface area contributed by atoms with E-state index in [-0.39, 0.29) is 23.5 Å². The molecule has 9 nitrogen and oxygen atoms in total. The highest BCUT2D eigenvalue weighted by Crippen LogP contribution is 2.22. The summed E-state index contributed by atoms with van der Waals surface area (Å²) in [6, 6.07) is 23.9. The van der Waals surface area contributed by atoms with Gasteiger partial charge in [0.1, 0.15) is 5.75 Å². The van der Waals surface area contributed by atoms with E-state index in [1.165, 1.54) is 30.5 Å². The molecule has 11 heteroatoms. The molecule has 0 radical (unpaired) electrons. The minimum Gasteiger partial charge on any atom is -0.508 e. The van der Waals surface area contributed by atoms with E-state index in [0.717, 1.165) is 22.5 Å². The van der Waals surface area contributed by atoms with Gasteiger partial charge in [-0.2, -0.15) is 10.2 Å². The molecule has 0 unspecified atom stereocenters. The second-order valence-corrected chi connectivity index (χ2v) is 10.1. The van der Waals surface area contributed by atoms with Crippen molar-refractivity contribution in [1.82, 2.24) is 10.9 Å². The van der Waals surface area contributed by atoms with Crippen LogP contribution in [0.3, 0.4) is 0 Å². The first-order valence-corrected chi connectivity index (χ1v) is 13.8. The molecule has 208 valence electrons. The normalized spacial score (nSPS) is 12.8. The minimum absolute atomic E-state index is 0.105. The van der Waals surface area contributed by atoms with E-state index in [1.54, 1.807) is 58.8 Å². The number of aromatic hydroxyl groups is 1. The van der Waals surface area contributed by atoms with Crippen molar-refractivity contribution >= 4 is 58.8 Å².